The van der Waals surface area contributed by atoms with E-state index in [1.54, 1.807) is 13.8 Å². The van der Waals surface area contributed by atoms with Crippen LogP contribution in [0.3, 0.4) is 0 Å². The molecular formula is C12H15ClN2O3S. The molecule has 19 heavy (non-hydrogen) atoms. The van der Waals surface area contributed by atoms with Crippen LogP contribution in [-0.2, 0) is 10.0 Å². The number of halogens is 1. The summed E-state index contributed by atoms with van der Waals surface area (Å²) in [4.78, 5) is -0.153. The molecule has 0 heterocycles. The molecule has 1 aromatic carbocycles. The summed E-state index contributed by atoms with van der Waals surface area (Å²) in [7, 11) is -3.84. The number of hydrogen-bond donors (Lipinski definition) is 2. The van der Waals surface area contributed by atoms with Crippen LogP contribution in [0.15, 0.2) is 23.1 Å². The molecule has 0 fully saturated rings. The Balaban J connectivity index is 3.07. The molecule has 0 bridgehead atoms. The highest BCUT2D eigenvalue weighted by Gasteiger charge is 2.22. The van der Waals surface area contributed by atoms with Gasteiger partial charge in [-0.2, -0.15) is 5.26 Å². The maximum atomic E-state index is 12.2. The Kier molecular flexibility index (Phi) is 5.32. The van der Waals surface area contributed by atoms with E-state index >= 15 is 0 Å². The molecule has 1 aromatic rings. The number of sulfonamides is 1. The largest absolute Gasteiger partial charge is 0.393 e. The third kappa shape index (κ3) is 4.48. The van der Waals surface area contributed by atoms with Gasteiger partial charge in [0.05, 0.1) is 11.7 Å². The Labute approximate surface area is 117 Å². The van der Waals surface area contributed by atoms with Crippen molar-refractivity contribution in [3.8, 4) is 6.07 Å². The van der Waals surface area contributed by atoms with Gasteiger partial charge in [0.1, 0.15) is 11.0 Å². The number of benzene rings is 1. The van der Waals surface area contributed by atoms with Crippen LogP contribution in [0, 0.1) is 11.3 Å². The van der Waals surface area contributed by atoms with Gasteiger partial charge in [-0.1, -0.05) is 11.6 Å². The quantitative estimate of drug-likeness (QED) is 0.865. The van der Waals surface area contributed by atoms with E-state index in [2.05, 4.69) is 4.72 Å². The highest BCUT2D eigenvalue weighted by Crippen LogP contribution is 2.20. The molecule has 2 atom stereocenters. The normalized spacial score (nSPS) is 14.7. The SMILES string of the molecule is CC(O)CC(C)NS(=O)(=O)c1cc(Cl)ccc1C#N. The fourth-order valence-electron chi connectivity index (χ4n) is 1.70. The summed E-state index contributed by atoms with van der Waals surface area (Å²) in [5.41, 5.74) is 0.0288. The summed E-state index contributed by atoms with van der Waals surface area (Å²) in [6.45, 7) is 3.21. The van der Waals surface area contributed by atoms with Crippen LogP contribution in [0.5, 0.6) is 0 Å². The van der Waals surface area contributed by atoms with Crippen LogP contribution in [-0.4, -0.2) is 25.7 Å². The highest BCUT2D eigenvalue weighted by molar-refractivity contribution is 7.89. The first-order valence-corrected chi connectivity index (χ1v) is 7.52. The average Bonchev–Trinajstić information content (AvgIpc) is 2.26. The molecule has 1 rings (SSSR count). The third-order valence-electron chi connectivity index (χ3n) is 2.40. The number of nitrogens with one attached hydrogen (secondary N) is 1. The fraction of sp³-hybridized carbons (Fsp3) is 0.417. The van der Waals surface area contributed by atoms with Gasteiger partial charge in [-0.3, -0.25) is 0 Å². The molecular weight excluding hydrogens is 288 g/mol. The summed E-state index contributed by atoms with van der Waals surface area (Å²) in [6, 6.07) is 5.41. The maximum absolute atomic E-state index is 12.2. The molecule has 7 heteroatoms. The first-order valence-electron chi connectivity index (χ1n) is 5.66. The van der Waals surface area contributed by atoms with E-state index in [0.29, 0.717) is 0 Å². The van der Waals surface area contributed by atoms with Gasteiger partial charge in [0, 0.05) is 11.1 Å². The third-order valence-corrected chi connectivity index (χ3v) is 4.27. The molecule has 0 aliphatic carbocycles. The van der Waals surface area contributed by atoms with Crippen LogP contribution in [0.4, 0.5) is 0 Å². The molecule has 0 aliphatic heterocycles. The van der Waals surface area contributed by atoms with Gasteiger partial charge < -0.3 is 5.11 Å². The van der Waals surface area contributed by atoms with Gasteiger partial charge >= 0.3 is 0 Å². The van der Waals surface area contributed by atoms with Crippen LogP contribution < -0.4 is 4.72 Å². The molecule has 2 N–H and O–H groups in total. The predicted molar refractivity (Wildman–Crippen MR) is 72.2 cm³/mol. The van der Waals surface area contributed by atoms with Crippen molar-refractivity contribution in [2.45, 2.75) is 37.3 Å². The minimum atomic E-state index is -3.84. The molecule has 0 radical (unpaired) electrons. The number of aliphatic hydroxyl groups is 1. The van der Waals surface area contributed by atoms with Crippen molar-refractivity contribution in [1.29, 1.82) is 5.26 Å². The van der Waals surface area contributed by atoms with E-state index in [1.807, 2.05) is 6.07 Å². The minimum absolute atomic E-state index is 0.0288. The van der Waals surface area contributed by atoms with E-state index in [4.69, 9.17) is 16.9 Å². The topological polar surface area (TPSA) is 90.2 Å². The van der Waals surface area contributed by atoms with Crippen LogP contribution in [0.1, 0.15) is 25.8 Å². The lowest BCUT2D eigenvalue weighted by Gasteiger charge is -2.16. The fourth-order valence-corrected chi connectivity index (χ4v) is 3.37. The number of aliphatic hydroxyl groups excluding tert-OH is 1. The van der Waals surface area contributed by atoms with Crippen molar-refractivity contribution >= 4 is 21.6 Å². The molecule has 0 aliphatic rings. The van der Waals surface area contributed by atoms with Crippen molar-refractivity contribution in [2.75, 3.05) is 0 Å². The zero-order chi connectivity index (χ0) is 14.6. The zero-order valence-corrected chi connectivity index (χ0v) is 12.2. The first kappa shape index (κ1) is 15.9. The van der Waals surface area contributed by atoms with Gasteiger partial charge in [0.25, 0.3) is 0 Å². The standard InChI is InChI=1S/C12H15ClN2O3S/c1-8(5-9(2)16)15-19(17,18)12-6-11(13)4-3-10(12)7-14/h3-4,6,8-9,15-16H,5H2,1-2H3. The number of nitriles is 1. The van der Waals surface area contributed by atoms with Gasteiger partial charge in [-0.25, -0.2) is 13.1 Å². The van der Waals surface area contributed by atoms with Crippen molar-refractivity contribution in [3.05, 3.63) is 28.8 Å². The minimum Gasteiger partial charge on any atom is -0.393 e. The van der Waals surface area contributed by atoms with Crippen molar-refractivity contribution < 1.29 is 13.5 Å². The molecule has 0 saturated carbocycles. The highest BCUT2D eigenvalue weighted by atomic mass is 35.5. The van der Waals surface area contributed by atoms with E-state index in [0.717, 1.165) is 0 Å². The second-order valence-electron chi connectivity index (χ2n) is 4.36. The van der Waals surface area contributed by atoms with Crippen LogP contribution >= 0.6 is 11.6 Å². The second-order valence-corrected chi connectivity index (χ2v) is 6.48. The van der Waals surface area contributed by atoms with Crippen molar-refractivity contribution in [2.24, 2.45) is 0 Å². The lowest BCUT2D eigenvalue weighted by molar-refractivity contribution is 0.175. The summed E-state index contributed by atoms with van der Waals surface area (Å²) in [5, 5.41) is 18.4. The molecule has 0 saturated heterocycles. The Morgan fingerprint density at radius 1 is 1.47 bits per heavy atom. The Morgan fingerprint density at radius 3 is 2.63 bits per heavy atom. The van der Waals surface area contributed by atoms with Gasteiger partial charge in [-0.05, 0) is 38.5 Å². The van der Waals surface area contributed by atoms with Crippen molar-refractivity contribution in [3.63, 3.8) is 0 Å². The summed E-state index contributed by atoms with van der Waals surface area (Å²) in [5.74, 6) is 0. The van der Waals surface area contributed by atoms with Gasteiger partial charge in [0.2, 0.25) is 10.0 Å². The van der Waals surface area contributed by atoms with Crippen LogP contribution in [0.25, 0.3) is 0 Å². The molecule has 0 aromatic heterocycles. The lowest BCUT2D eigenvalue weighted by Crippen LogP contribution is -2.35. The molecule has 0 spiro atoms. The van der Waals surface area contributed by atoms with E-state index in [9.17, 15) is 13.5 Å². The van der Waals surface area contributed by atoms with E-state index in [1.165, 1.54) is 18.2 Å². The second kappa shape index (κ2) is 6.35. The smallest absolute Gasteiger partial charge is 0.242 e. The average molecular weight is 303 g/mol. The predicted octanol–water partition coefficient (Wildman–Crippen LogP) is 1.65. The zero-order valence-electron chi connectivity index (χ0n) is 10.6. The summed E-state index contributed by atoms with van der Waals surface area (Å²) >= 11 is 5.76. The first-order chi connectivity index (χ1) is 8.76. The molecule has 104 valence electrons. The van der Waals surface area contributed by atoms with Gasteiger partial charge in [0.15, 0.2) is 0 Å². The molecule has 5 nitrogen and oxygen atoms in total. The number of hydrogen-bond acceptors (Lipinski definition) is 4. The van der Waals surface area contributed by atoms with Crippen molar-refractivity contribution in [1.82, 2.24) is 4.72 Å². The van der Waals surface area contributed by atoms with E-state index in [-0.39, 0.29) is 21.9 Å². The summed E-state index contributed by atoms with van der Waals surface area (Å²) in [6.07, 6.45) is -0.339. The lowest BCUT2D eigenvalue weighted by atomic mass is 10.2. The number of nitrogens with zero attached hydrogens (tertiary/aromatic N) is 1. The number of rotatable bonds is 5. The maximum Gasteiger partial charge on any atom is 0.242 e. The van der Waals surface area contributed by atoms with Crippen LogP contribution in [0.2, 0.25) is 5.02 Å². The molecule has 0 amide bonds. The Bertz CT molecular complexity index is 593. The molecule has 2 unspecified atom stereocenters. The Hall–Kier alpha value is -1.13. The van der Waals surface area contributed by atoms with Gasteiger partial charge in [-0.15, -0.1) is 0 Å². The monoisotopic (exact) mass is 302 g/mol. The Morgan fingerprint density at radius 2 is 2.11 bits per heavy atom. The van der Waals surface area contributed by atoms with E-state index < -0.39 is 22.2 Å². The summed E-state index contributed by atoms with van der Waals surface area (Å²) < 4.78 is 26.7.